The number of rotatable bonds is 6. The molecule has 4 heteroatoms. The summed E-state index contributed by atoms with van der Waals surface area (Å²) in [6.07, 6.45) is 4.24. The molecule has 1 aromatic carbocycles. The van der Waals surface area contributed by atoms with Crippen LogP contribution in [0.4, 0.5) is 0 Å². The monoisotopic (exact) mass is 323 g/mol. The lowest BCUT2D eigenvalue weighted by Crippen LogP contribution is -2.37. The smallest absolute Gasteiger partial charge is 0.231 e. The summed E-state index contributed by atoms with van der Waals surface area (Å²) in [4.78, 5) is 21.6. The van der Waals surface area contributed by atoms with Crippen LogP contribution in [0.15, 0.2) is 54.7 Å². The number of likely N-dealkylation sites (tertiary alicyclic amines) is 1. The van der Waals surface area contributed by atoms with Crippen molar-refractivity contribution in [2.24, 2.45) is 0 Å². The molecule has 1 fully saturated rings. The maximum absolute atomic E-state index is 13.1. The van der Waals surface area contributed by atoms with E-state index >= 15 is 0 Å². The fourth-order valence-electron chi connectivity index (χ4n) is 3.31. The summed E-state index contributed by atoms with van der Waals surface area (Å²) >= 11 is 0. The number of benzene rings is 1. The molecule has 2 aromatic rings. The fraction of sp³-hybridized carbons (Fsp3) is 0.400. The molecule has 1 atom stereocenters. The molecule has 1 aliphatic rings. The van der Waals surface area contributed by atoms with Gasteiger partial charge in [0.15, 0.2) is 0 Å². The van der Waals surface area contributed by atoms with Crippen LogP contribution in [0.3, 0.4) is 0 Å². The van der Waals surface area contributed by atoms with Crippen LogP contribution in [0.5, 0.6) is 0 Å². The maximum Gasteiger partial charge on any atom is 0.231 e. The van der Waals surface area contributed by atoms with E-state index in [1.807, 2.05) is 43.4 Å². The van der Waals surface area contributed by atoms with E-state index in [1.165, 1.54) is 12.8 Å². The van der Waals surface area contributed by atoms with E-state index in [0.29, 0.717) is 6.54 Å². The van der Waals surface area contributed by atoms with E-state index in [2.05, 4.69) is 22.0 Å². The van der Waals surface area contributed by atoms with Crippen molar-refractivity contribution >= 4 is 5.91 Å². The van der Waals surface area contributed by atoms with Crippen LogP contribution in [0.1, 0.15) is 30.0 Å². The highest BCUT2D eigenvalue weighted by molar-refractivity contribution is 5.83. The van der Waals surface area contributed by atoms with E-state index < -0.39 is 0 Å². The normalized spacial score (nSPS) is 16.0. The third-order valence-corrected chi connectivity index (χ3v) is 4.64. The second kappa shape index (κ2) is 8.06. The number of amides is 1. The largest absolute Gasteiger partial charge is 0.339 e. The quantitative estimate of drug-likeness (QED) is 0.820. The van der Waals surface area contributed by atoms with Crippen LogP contribution in [-0.4, -0.2) is 47.4 Å². The van der Waals surface area contributed by atoms with Crippen LogP contribution >= 0.6 is 0 Å². The molecule has 0 unspecified atom stereocenters. The van der Waals surface area contributed by atoms with E-state index in [-0.39, 0.29) is 11.8 Å². The minimum atomic E-state index is -0.113. The van der Waals surface area contributed by atoms with Gasteiger partial charge in [0.25, 0.3) is 0 Å². The maximum atomic E-state index is 13.1. The molecule has 0 radical (unpaired) electrons. The standard InChI is InChI=1S/C20H25N3O/c1-22(15-18-11-5-6-12-21-18)20(24)19(16-23-13-7-8-14-23)17-9-3-2-4-10-17/h2-6,9-12,19H,7-8,13-16H2,1H3/t19-/m0/s1. The Hall–Kier alpha value is -2.20. The zero-order valence-corrected chi connectivity index (χ0v) is 14.3. The Kier molecular flexibility index (Phi) is 5.59. The number of hydrogen-bond donors (Lipinski definition) is 0. The molecule has 126 valence electrons. The van der Waals surface area contributed by atoms with Crippen LogP contribution in [0.2, 0.25) is 0 Å². The number of pyridine rings is 1. The average molecular weight is 323 g/mol. The zero-order chi connectivity index (χ0) is 16.8. The van der Waals surface area contributed by atoms with Crippen LogP contribution < -0.4 is 0 Å². The minimum Gasteiger partial charge on any atom is -0.339 e. The van der Waals surface area contributed by atoms with Crippen molar-refractivity contribution in [1.82, 2.24) is 14.8 Å². The van der Waals surface area contributed by atoms with Gasteiger partial charge in [0.1, 0.15) is 0 Å². The van der Waals surface area contributed by atoms with Gasteiger partial charge in [-0.1, -0.05) is 36.4 Å². The Morgan fingerprint density at radius 3 is 2.50 bits per heavy atom. The topological polar surface area (TPSA) is 36.4 Å². The summed E-state index contributed by atoms with van der Waals surface area (Å²) in [5.74, 6) is 0.0526. The lowest BCUT2D eigenvalue weighted by Gasteiger charge is -2.27. The predicted molar refractivity (Wildman–Crippen MR) is 95.6 cm³/mol. The molecule has 1 aromatic heterocycles. The van der Waals surface area contributed by atoms with Crippen molar-refractivity contribution in [3.63, 3.8) is 0 Å². The molecular weight excluding hydrogens is 298 g/mol. The van der Waals surface area contributed by atoms with Gasteiger partial charge in [-0.3, -0.25) is 9.78 Å². The van der Waals surface area contributed by atoms with Crippen molar-refractivity contribution in [3.05, 3.63) is 66.0 Å². The first-order valence-electron chi connectivity index (χ1n) is 8.66. The van der Waals surface area contributed by atoms with Gasteiger partial charge in [-0.05, 0) is 43.6 Å². The first-order chi connectivity index (χ1) is 11.7. The number of aromatic nitrogens is 1. The van der Waals surface area contributed by atoms with Crippen LogP contribution in [-0.2, 0) is 11.3 Å². The first-order valence-corrected chi connectivity index (χ1v) is 8.66. The molecule has 0 bridgehead atoms. The summed E-state index contributed by atoms with van der Waals surface area (Å²) in [5.41, 5.74) is 2.02. The molecule has 3 rings (SSSR count). The van der Waals surface area contributed by atoms with Gasteiger partial charge >= 0.3 is 0 Å². The lowest BCUT2D eigenvalue weighted by molar-refractivity contribution is -0.132. The van der Waals surface area contributed by atoms with Crippen molar-refractivity contribution < 1.29 is 4.79 Å². The van der Waals surface area contributed by atoms with Crippen molar-refractivity contribution in [3.8, 4) is 0 Å². The summed E-state index contributed by atoms with van der Waals surface area (Å²) < 4.78 is 0. The van der Waals surface area contributed by atoms with Crippen LogP contribution in [0.25, 0.3) is 0 Å². The van der Waals surface area contributed by atoms with Gasteiger partial charge in [0.05, 0.1) is 18.2 Å². The summed E-state index contributed by atoms with van der Waals surface area (Å²) in [6.45, 7) is 3.54. The second-order valence-corrected chi connectivity index (χ2v) is 6.49. The highest BCUT2D eigenvalue weighted by atomic mass is 16.2. The number of hydrogen-bond acceptors (Lipinski definition) is 3. The van der Waals surface area contributed by atoms with E-state index in [9.17, 15) is 4.79 Å². The van der Waals surface area contributed by atoms with E-state index in [0.717, 1.165) is 30.9 Å². The molecule has 0 N–H and O–H groups in total. The number of carbonyl (C=O) groups is 1. The average Bonchev–Trinajstić information content (AvgIpc) is 3.14. The summed E-state index contributed by atoms with van der Waals surface area (Å²) in [7, 11) is 1.87. The Morgan fingerprint density at radius 1 is 1.12 bits per heavy atom. The van der Waals surface area contributed by atoms with Crippen molar-refractivity contribution in [1.29, 1.82) is 0 Å². The number of likely N-dealkylation sites (N-methyl/N-ethyl adjacent to an activating group) is 1. The number of carbonyl (C=O) groups excluding carboxylic acids is 1. The molecule has 1 aliphatic heterocycles. The molecular formula is C20H25N3O. The molecule has 24 heavy (non-hydrogen) atoms. The number of nitrogens with zero attached hydrogens (tertiary/aromatic N) is 3. The van der Waals surface area contributed by atoms with Gasteiger partial charge in [-0.2, -0.15) is 0 Å². The molecule has 0 spiro atoms. The SMILES string of the molecule is CN(Cc1ccccn1)C(=O)[C@@H](CN1CCCC1)c1ccccc1. The van der Waals surface area contributed by atoms with Crippen LogP contribution in [0, 0.1) is 0 Å². The molecule has 0 saturated carbocycles. The van der Waals surface area contributed by atoms with Crippen molar-refractivity contribution in [2.75, 3.05) is 26.7 Å². The minimum absolute atomic E-state index is 0.113. The molecule has 0 aliphatic carbocycles. The summed E-state index contributed by atoms with van der Waals surface area (Å²) in [6, 6.07) is 16.0. The predicted octanol–water partition coefficient (Wildman–Crippen LogP) is 2.92. The Bertz CT molecular complexity index is 638. The highest BCUT2D eigenvalue weighted by Crippen LogP contribution is 2.22. The summed E-state index contributed by atoms with van der Waals surface area (Å²) in [5, 5.41) is 0. The van der Waals surface area contributed by atoms with Gasteiger partial charge in [0.2, 0.25) is 5.91 Å². The first kappa shape index (κ1) is 16.7. The van der Waals surface area contributed by atoms with Gasteiger partial charge in [-0.15, -0.1) is 0 Å². The molecule has 1 amide bonds. The third kappa shape index (κ3) is 4.20. The van der Waals surface area contributed by atoms with Crippen molar-refractivity contribution in [2.45, 2.75) is 25.3 Å². The molecule has 1 saturated heterocycles. The molecule has 2 heterocycles. The fourth-order valence-corrected chi connectivity index (χ4v) is 3.31. The van der Waals surface area contributed by atoms with E-state index in [1.54, 1.807) is 11.1 Å². The van der Waals surface area contributed by atoms with E-state index in [4.69, 9.17) is 0 Å². The lowest BCUT2D eigenvalue weighted by atomic mass is 9.97. The Labute approximate surface area is 144 Å². The van der Waals surface area contributed by atoms with Gasteiger partial charge in [0, 0.05) is 19.8 Å². The highest BCUT2D eigenvalue weighted by Gasteiger charge is 2.27. The zero-order valence-electron chi connectivity index (χ0n) is 14.3. The Balaban J connectivity index is 1.74. The van der Waals surface area contributed by atoms with Gasteiger partial charge in [-0.25, -0.2) is 0 Å². The molecule has 4 nitrogen and oxygen atoms in total. The Morgan fingerprint density at radius 2 is 1.83 bits per heavy atom. The second-order valence-electron chi connectivity index (χ2n) is 6.49. The van der Waals surface area contributed by atoms with Gasteiger partial charge < -0.3 is 9.80 Å². The third-order valence-electron chi connectivity index (χ3n) is 4.64.